The highest BCUT2D eigenvalue weighted by atomic mass is 16.3. The summed E-state index contributed by atoms with van der Waals surface area (Å²) in [5.41, 5.74) is -0.599. The molecule has 0 aromatic rings. The molecule has 0 amide bonds. The van der Waals surface area contributed by atoms with Crippen LogP contribution >= 0.6 is 0 Å². The Bertz CT molecular complexity index is 136. The summed E-state index contributed by atoms with van der Waals surface area (Å²) in [7, 11) is 0. The molecule has 2 nitrogen and oxygen atoms in total. The van der Waals surface area contributed by atoms with Crippen molar-refractivity contribution in [3.63, 3.8) is 0 Å². The van der Waals surface area contributed by atoms with Gasteiger partial charge in [-0.1, -0.05) is 52.4 Å². The lowest BCUT2D eigenvalue weighted by Crippen LogP contribution is -2.29. The molecule has 0 radical (unpaired) electrons. The third-order valence-corrected chi connectivity index (χ3v) is 3.07. The van der Waals surface area contributed by atoms with Crippen molar-refractivity contribution in [1.29, 1.82) is 0 Å². The van der Waals surface area contributed by atoms with Crippen LogP contribution in [0.1, 0.15) is 71.6 Å². The van der Waals surface area contributed by atoms with Crippen molar-refractivity contribution in [3.8, 4) is 0 Å². The molecule has 0 aromatic heterocycles. The number of hydrogen-bond acceptors (Lipinski definition) is 2. The van der Waals surface area contributed by atoms with Gasteiger partial charge in [0.1, 0.15) is 0 Å². The van der Waals surface area contributed by atoms with Gasteiger partial charge < -0.3 is 10.2 Å². The van der Waals surface area contributed by atoms with Gasteiger partial charge in [0.15, 0.2) is 0 Å². The second-order valence-electron chi connectivity index (χ2n) is 4.61. The highest BCUT2D eigenvalue weighted by molar-refractivity contribution is 4.77. The Labute approximate surface area is 94.7 Å². The van der Waals surface area contributed by atoms with Crippen molar-refractivity contribution in [2.75, 3.05) is 6.61 Å². The van der Waals surface area contributed by atoms with E-state index in [0.717, 1.165) is 32.1 Å². The first-order valence-corrected chi connectivity index (χ1v) is 6.51. The lowest BCUT2D eigenvalue weighted by Gasteiger charge is -2.27. The predicted octanol–water partition coefficient (Wildman–Crippen LogP) is 3.26. The Morgan fingerprint density at radius 1 is 0.800 bits per heavy atom. The Morgan fingerprint density at radius 2 is 1.40 bits per heavy atom. The number of aliphatic hydroxyl groups is 2. The van der Waals surface area contributed by atoms with E-state index in [4.69, 9.17) is 5.11 Å². The van der Waals surface area contributed by atoms with Crippen LogP contribution in [0, 0.1) is 0 Å². The van der Waals surface area contributed by atoms with Gasteiger partial charge in [-0.25, -0.2) is 0 Å². The Balaban J connectivity index is 3.78. The fourth-order valence-corrected chi connectivity index (χ4v) is 1.97. The topological polar surface area (TPSA) is 40.5 Å². The van der Waals surface area contributed by atoms with E-state index in [1.807, 2.05) is 0 Å². The minimum absolute atomic E-state index is 0.105. The van der Waals surface area contributed by atoms with Gasteiger partial charge in [-0.3, -0.25) is 0 Å². The van der Waals surface area contributed by atoms with E-state index >= 15 is 0 Å². The predicted molar refractivity (Wildman–Crippen MR) is 64.9 cm³/mol. The lowest BCUT2D eigenvalue weighted by molar-refractivity contribution is -0.00370. The summed E-state index contributed by atoms with van der Waals surface area (Å²) < 4.78 is 0. The molecule has 1 unspecified atom stereocenters. The van der Waals surface area contributed by atoms with Crippen LogP contribution in [0.25, 0.3) is 0 Å². The summed E-state index contributed by atoms with van der Waals surface area (Å²) in [4.78, 5) is 0. The summed E-state index contributed by atoms with van der Waals surface area (Å²) in [6.45, 7) is 4.43. The molecule has 15 heavy (non-hydrogen) atoms. The smallest absolute Gasteiger partial charge is 0.0669 e. The maximum Gasteiger partial charge on any atom is 0.0669 e. The van der Waals surface area contributed by atoms with E-state index < -0.39 is 5.60 Å². The van der Waals surface area contributed by atoms with E-state index in [9.17, 15) is 5.11 Å². The molecule has 0 aliphatic heterocycles. The van der Waals surface area contributed by atoms with Crippen molar-refractivity contribution >= 4 is 0 Å². The summed E-state index contributed by atoms with van der Waals surface area (Å²) in [5, 5.41) is 19.2. The molecule has 2 N–H and O–H groups in total. The van der Waals surface area contributed by atoms with Crippen LogP contribution in [0.2, 0.25) is 0 Å². The van der Waals surface area contributed by atoms with E-state index in [1.54, 1.807) is 0 Å². The van der Waals surface area contributed by atoms with Gasteiger partial charge in [0, 0.05) is 6.61 Å². The van der Waals surface area contributed by atoms with Gasteiger partial charge in [0.2, 0.25) is 0 Å². The molecule has 0 bridgehead atoms. The molecule has 0 heterocycles. The molecule has 0 aliphatic carbocycles. The molecule has 0 saturated heterocycles. The zero-order valence-corrected chi connectivity index (χ0v) is 10.5. The summed E-state index contributed by atoms with van der Waals surface area (Å²) in [5.74, 6) is 0. The van der Waals surface area contributed by atoms with Crippen molar-refractivity contribution < 1.29 is 10.2 Å². The van der Waals surface area contributed by atoms with Crippen molar-refractivity contribution in [3.05, 3.63) is 0 Å². The number of rotatable bonds is 10. The summed E-state index contributed by atoms with van der Waals surface area (Å²) >= 11 is 0. The molecular formula is C13H28O2. The SMILES string of the molecule is CCCCCCC(O)(CCO)CCCC. The van der Waals surface area contributed by atoms with Crippen molar-refractivity contribution in [2.24, 2.45) is 0 Å². The Morgan fingerprint density at radius 3 is 1.93 bits per heavy atom. The third-order valence-electron chi connectivity index (χ3n) is 3.07. The van der Waals surface area contributed by atoms with Crippen LogP contribution in [-0.2, 0) is 0 Å². The van der Waals surface area contributed by atoms with E-state index in [1.165, 1.54) is 19.3 Å². The average Bonchev–Trinajstić information content (AvgIpc) is 2.22. The van der Waals surface area contributed by atoms with Crippen LogP contribution in [0.5, 0.6) is 0 Å². The maximum atomic E-state index is 10.3. The van der Waals surface area contributed by atoms with Crippen LogP contribution in [0.3, 0.4) is 0 Å². The molecule has 0 aliphatic rings. The summed E-state index contributed by atoms with van der Waals surface area (Å²) in [6, 6.07) is 0. The van der Waals surface area contributed by atoms with Gasteiger partial charge in [-0.15, -0.1) is 0 Å². The lowest BCUT2D eigenvalue weighted by atomic mass is 9.88. The minimum Gasteiger partial charge on any atom is -0.396 e. The average molecular weight is 216 g/mol. The summed E-state index contributed by atoms with van der Waals surface area (Å²) in [6.07, 6.45) is 9.19. The maximum absolute atomic E-state index is 10.3. The van der Waals surface area contributed by atoms with Crippen LogP contribution in [0.15, 0.2) is 0 Å². The molecule has 0 aromatic carbocycles. The molecule has 0 saturated carbocycles. The molecule has 0 rings (SSSR count). The van der Waals surface area contributed by atoms with Crippen molar-refractivity contribution in [1.82, 2.24) is 0 Å². The van der Waals surface area contributed by atoms with Gasteiger partial charge in [0.25, 0.3) is 0 Å². The van der Waals surface area contributed by atoms with Crippen LogP contribution in [-0.4, -0.2) is 22.4 Å². The monoisotopic (exact) mass is 216 g/mol. The molecule has 0 fully saturated rings. The molecular weight excluding hydrogens is 188 g/mol. The highest BCUT2D eigenvalue weighted by Gasteiger charge is 2.24. The minimum atomic E-state index is -0.599. The molecule has 0 spiro atoms. The first-order chi connectivity index (χ1) is 7.18. The fraction of sp³-hybridized carbons (Fsp3) is 1.00. The quantitative estimate of drug-likeness (QED) is 0.550. The standard InChI is InChI=1S/C13H28O2/c1-3-5-7-8-10-13(15,11-12-14)9-6-4-2/h14-15H,3-12H2,1-2H3. The van der Waals surface area contributed by atoms with Gasteiger partial charge >= 0.3 is 0 Å². The Hall–Kier alpha value is -0.0800. The normalized spacial score (nSPS) is 15.2. The highest BCUT2D eigenvalue weighted by Crippen LogP contribution is 2.25. The van der Waals surface area contributed by atoms with E-state index in [2.05, 4.69) is 13.8 Å². The van der Waals surface area contributed by atoms with Gasteiger partial charge in [-0.2, -0.15) is 0 Å². The first kappa shape index (κ1) is 14.9. The zero-order chi connectivity index (χ0) is 11.6. The Kier molecular flexibility index (Phi) is 9.12. The molecule has 1 atom stereocenters. The number of aliphatic hydroxyl groups excluding tert-OH is 1. The van der Waals surface area contributed by atoms with E-state index in [0.29, 0.717) is 6.42 Å². The first-order valence-electron chi connectivity index (χ1n) is 6.51. The number of hydrogen-bond donors (Lipinski definition) is 2. The fourth-order valence-electron chi connectivity index (χ4n) is 1.97. The number of unbranched alkanes of at least 4 members (excludes halogenated alkanes) is 4. The van der Waals surface area contributed by atoms with Crippen LogP contribution < -0.4 is 0 Å². The molecule has 92 valence electrons. The third kappa shape index (κ3) is 7.80. The van der Waals surface area contributed by atoms with Crippen molar-refractivity contribution in [2.45, 2.75) is 77.2 Å². The van der Waals surface area contributed by atoms with Crippen LogP contribution in [0.4, 0.5) is 0 Å². The largest absolute Gasteiger partial charge is 0.396 e. The second-order valence-corrected chi connectivity index (χ2v) is 4.61. The second kappa shape index (κ2) is 9.17. The zero-order valence-electron chi connectivity index (χ0n) is 10.5. The molecule has 2 heteroatoms. The van der Waals surface area contributed by atoms with Gasteiger partial charge in [0.05, 0.1) is 5.60 Å². The van der Waals surface area contributed by atoms with Gasteiger partial charge in [-0.05, 0) is 19.3 Å². The van der Waals surface area contributed by atoms with E-state index in [-0.39, 0.29) is 6.61 Å².